The number of halogens is 2. The van der Waals surface area contributed by atoms with Crippen LogP contribution in [0, 0.1) is 11.7 Å². The molecule has 1 amide bonds. The van der Waals surface area contributed by atoms with Crippen LogP contribution in [-0.4, -0.2) is 57.7 Å². The zero-order valence-electron chi connectivity index (χ0n) is 24.9. The fourth-order valence-corrected chi connectivity index (χ4v) is 8.27. The average molecular weight is 599 g/mol. The molecule has 0 radical (unpaired) electrons. The fraction of sp³-hybridized carbons (Fsp3) is 0.656. The second-order valence-corrected chi connectivity index (χ2v) is 13.9. The molecule has 10 heteroatoms. The average Bonchev–Trinajstić information content (AvgIpc) is 3.25. The SMILES string of the molecule is CN1CC(c2ccnc(NC34CC(NC(=O)COc5ccc(Cl)c(F)c5)(C3)C4)n2)C(C)(C2CCCCCCCCC2)N1. The highest BCUT2D eigenvalue weighted by Gasteiger charge is 2.69. The van der Waals surface area contributed by atoms with Crippen LogP contribution in [0.25, 0.3) is 0 Å². The van der Waals surface area contributed by atoms with Crippen LogP contribution in [0.1, 0.15) is 95.6 Å². The van der Waals surface area contributed by atoms with Crippen LogP contribution >= 0.6 is 11.6 Å². The Bertz CT molecular complexity index is 1270. The molecule has 42 heavy (non-hydrogen) atoms. The Kier molecular flexibility index (Phi) is 8.37. The first kappa shape index (κ1) is 29.6. The summed E-state index contributed by atoms with van der Waals surface area (Å²) in [5, 5.41) is 9.00. The molecule has 1 saturated heterocycles. The summed E-state index contributed by atoms with van der Waals surface area (Å²) in [5.74, 6) is 1.06. The van der Waals surface area contributed by atoms with Crippen molar-refractivity contribution in [3.63, 3.8) is 0 Å². The van der Waals surface area contributed by atoms with Gasteiger partial charge in [0.1, 0.15) is 11.6 Å². The van der Waals surface area contributed by atoms with Crippen molar-refractivity contribution < 1.29 is 13.9 Å². The van der Waals surface area contributed by atoms with E-state index in [0.717, 1.165) is 31.5 Å². The van der Waals surface area contributed by atoms with E-state index in [4.69, 9.17) is 21.3 Å². The van der Waals surface area contributed by atoms with Crippen LogP contribution in [0.15, 0.2) is 30.5 Å². The smallest absolute Gasteiger partial charge is 0.258 e. The highest BCUT2D eigenvalue weighted by molar-refractivity contribution is 6.30. The van der Waals surface area contributed by atoms with Gasteiger partial charge in [0.05, 0.1) is 10.7 Å². The van der Waals surface area contributed by atoms with E-state index < -0.39 is 5.82 Å². The minimum Gasteiger partial charge on any atom is -0.484 e. The Hall–Kier alpha value is -2.49. The summed E-state index contributed by atoms with van der Waals surface area (Å²) in [6.45, 7) is 3.17. The number of aromatic nitrogens is 2. The van der Waals surface area contributed by atoms with Crippen molar-refractivity contribution in [2.75, 3.05) is 25.5 Å². The van der Waals surface area contributed by atoms with Gasteiger partial charge in [-0.05, 0) is 63.1 Å². The molecular weight excluding hydrogens is 555 g/mol. The van der Waals surface area contributed by atoms with Crippen molar-refractivity contribution in [3.05, 3.63) is 47.0 Å². The van der Waals surface area contributed by atoms with Crippen molar-refractivity contribution in [1.82, 2.24) is 25.7 Å². The third-order valence-corrected chi connectivity index (χ3v) is 10.5. The van der Waals surface area contributed by atoms with Gasteiger partial charge in [0.15, 0.2) is 6.61 Å². The Morgan fingerprint density at radius 3 is 2.48 bits per heavy atom. The summed E-state index contributed by atoms with van der Waals surface area (Å²) in [7, 11) is 2.15. The number of carbonyl (C=O) groups excluding carboxylic acids is 1. The molecule has 228 valence electrons. The van der Waals surface area contributed by atoms with Crippen molar-refractivity contribution in [1.29, 1.82) is 0 Å². The summed E-state index contributed by atoms with van der Waals surface area (Å²) in [5.41, 5.74) is 4.61. The number of hydrogen-bond donors (Lipinski definition) is 3. The third kappa shape index (κ3) is 6.10. The van der Waals surface area contributed by atoms with Crippen LogP contribution in [0.5, 0.6) is 5.75 Å². The summed E-state index contributed by atoms with van der Waals surface area (Å²) in [6.07, 6.45) is 16.3. The van der Waals surface area contributed by atoms with Gasteiger partial charge in [-0.1, -0.05) is 56.5 Å². The van der Waals surface area contributed by atoms with Crippen LogP contribution in [0.3, 0.4) is 0 Å². The van der Waals surface area contributed by atoms with Gasteiger partial charge in [-0.15, -0.1) is 0 Å². The molecule has 2 heterocycles. The standard InChI is InChI=1S/C32H44ClFN6O2/c1-30(22-10-8-6-4-3-5-7-9-11-22)24(17-40(2)39-30)27-14-15-35-29(36-27)38-32-19-31(20-32,21-32)37-28(41)18-42-23-12-13-25(33)26(34)16-23/h12-16,22,24,39H,3-11,17-21H2,1-2H3,(H,37,41)(H,35,36,38). The molecule has 2 unspecified atom stereocenters. The molecule has 7 rings (SSSR count). The number of likely N-dealkylation sites (N-methyl/N-ethyl adjacent to an activating group) is 1. The molecule has 1 aromatic heterocycles. The van der Waals surface area contributed by atoms with Gasteiger partial charge in [-0.2, -0.15) is 0 Å². The Balaban J connectivity index is 1.05. The number of hydrazine groups is 1. The van der Waals surface area contributed by atoms with Crippen molar-refractivity contribution in [3.8, 4) is 5.75 Å². The van der Waals surface area contributed by atoms with E-state index in [2.05, 4.69) is 46.1 Å². The molecule has 5 aliphatic rings. The van der Waals surface area contributed by atoms with E-state index in [9.17, 15) is 9.18 Å². The van der Waals surface area contributed by atoms with E-state index in [1.54, 1.807) is 6.07 Å². The maximum Gasteiger partial charge on any atom is 0.258 e. The molecule has 0 spiro atoms. The molecule has 2 atom stereocenters. The minimum absolute atomic E-state index is 0.0231. The lowest BCUT2D eigenvalue weighted by atomic mass is 9.44. The number of amides is 1. The fourth-order valence-electron chi connectivity index (χ4n) is 8.15. The monoisotopic (exact) mass is 598 g/mol. The number of hydrogen-bond acceptors (Lipinski definition) is 7. The topological polar surface area (TPSA) is 91.4 Å². The predicted molar refractivity (Wildman–Crippen MR) is 162 cm³/mol. The van der Waals surface area contributed by atoms with E-state index in [0.29, 0.717) is 11.9 Å². The number of nitrogens with zero attached hydrogens (tertiary/aromatic N) is 3. The third-order valence-electron chi connectivity index (χ3n) is 10.2. The summed E-state index contributed by atoms with van der Waals surface area (Å²) in [4.78, 5) is 22.2. The molecule has 1 aliphatic heterocycles. The van der Waals surface area contributed by atoms with E-state index in [1.165, 1.54) is 69.9 Å². The van der Waals surface area contributed by atoms with Crippen molar-refractivity contribution in [2.45, 2.75) is 107 Å². The molecule has 2 bridgehead atoms. The van der Waals surface area contributed by atoms with Crippen molar-refractivity contribution in [2.24, 2.45) is 5.92 Å². The van der Waals surface area contributed by atoms with Gasteiger partial charge in [0, 0.05) is 48.4 Å². The van der Waals surface area contributed by atoms with Gasteiger partial charge in [-0.25, -0.2) is 24.8 Å². The lowest BCUT2D eigenvalue weighted by Gasteiger charge is -2.70. The summed E-state index contributed by atoms with van der Waals surface area (Å²) >= 11 is 5.72. The van der Waals surface area contributed by atoms with Crippen LogP contribution in [0.2, 0.25) is 5.02 Å². The number of carbonyl (C=O) groups is 1. The highest BCUT2D eigenvalue weighted by atomic mass is 35.5. The molecule has 8 nitrogen and oxygen atoms in total. The first-order valence-electron chi connectivity index (χ1n) is 15.7. The lowest BCUT2D eigenvalue weighted by molar-refractivity contribution is -0.135. The molecular formula is C32H44ClFN6O2. The van der Waals surface area contributed by atoms with Crippen LogP contribution in [-0.2, 0) is 4.79 Å². The lowest BCUT2D eigenvalue weighted by Crippen LogP contribution is -2.81. The molecule has 2 aromatic rings. The molecule has 4 aliphatic carbocycles. The number of nitrogens with one attached hydrogen (secondary N) is 3. The second-order valence-electron chi connectivity index (χ2n) is 13.5. The Morgan fingerprint density at radius 1 is 1.10 bits per heavy atom. The second kappa shape index (κ2) is 11.9. The Labute approximate surface area is 253 Å². The number of benzene rings is 1. The number of rotatable bonds is 8. The van der Waals surface area contributed by atoms with Gasteiger partial charge >= 0.3 is 0 Å². The van der Waals surface area contributed by atoms with E-state index in [1.807, 2.05) is 6.20 Å². The first-order valence-corrected chi connectivity index (χ1v) is 16.0. The van der Waals surface area contributed by atoms with Gasteiger partial charge in [-0.3, -0.25) is 4.79 Å². The summed E-state index contributed by atoms with van der Waals surface area (Å²) < 4.78 is 19.1. The predicted octanol–water partition coefficient (Wildman–Crippen LogP) is 5.98. The van der Waals surface area contributed by atoms with Gasteiger partial charge in [0.2, 0.25) is 5.95 Å². The summed E-state index contributed by atoms with van der Waals surface area (Å²) in [6, 6.07) is 6.24. The molecule has 4 saturated carbocycles. The normalized spacial score (nSPS) is 32.0. The van der Waals surface area contributed by atoms with E-state index in [-0.39, 0.29) is 45.8 Å². The van der Waals surface area contributed by atoms with Crippen LogP contribution < -0.4 is 20.8 Å². The molecule has 5 fully saturated rings. The molecule has 3 N–H and O–H groups in total. The van der Waals surface area contributed by atoms with E-state index >= 15 is 0 Å². The van der Waals surface area contributed by atoms with Crippen molar-refractivity contribution >= 4 is 23.5 Å². The first-order chi connectivity index (χ1) is 20.2. The zero-order chi connectivity index (χ0) is 29.4. The number of ether oxygens (including phenoxy) is 1. The number of anilines is 1. The quantitative estimate of drug-likeness (QED) is 0.344. The maximum atomic E-state index is 13.6. The Morgan fingerprint density at radius 2 is 1.79 bits per heavy atom. The van der Waals surface area contributed by atoms with Gasteiger partial charge < -0.3 is 15.4 Å². The van der Waals surface area contributed by atoms with Gasteiger partial charge in [0.25, 0.3) is 5.91 Å². The largest absolute Gasteiger partial charge is 0.484 e. The van der Waals surface area contributed by atoms with Crippen LogP contribution in [0.4, 0.5) is 10.3 Å². The molecule has 1 aromatic carbocycles. The minimum atomic E-state index is -0.570. The maximum absolute atomic E-state index is 13.6. The highest BCUT2D eigenvalue weighted by Crippen LogP contribution is 2.61. The zero-order valence-corrected chi connectivity index (χ0v) is 25.6.